The third-order valence-corrected chi connectivity index (χ3v) is 8.03. The number of piperidine rings is 2. The number of aromatic nitrogens is 1. The van der Waals surface area contributed by atoms with E-state index in [9.17, 15) is 14.7 Å². The number of nitrogens with zero attached hydrogens (tertiary/aromatic N) is 2. The Labute approximate surface area is 183 Å². The minimum absolute atomic E-state index is 0.118. The number of hydrogen-bond acceptors (Lipinski definition) is 4. The van der Waals surface area contributed by atoms with Crippen LogP contribution in [0.1, 0.15) is 69.3 Å². The summed E-state index contributed by atoms with van der Waals surface area (Å²) in [5, 5.41) is 14.5. The molecule has 3 heterocycles. The summed E-state index contributed by atoms with van der Waals surface area (Å²) in [5.41, 5.74) is 0.220. The van der Waals surface area contributed by atoms with Crippen LogP contribution in [-0.2, 0) is 0 Å². The van der Waals surface area contributed by atoms with Crippen LogP contribution in [0.25, 0.3) is 10.9 Å². The molecule has 31 heavy (non-hydrogen) atoms. The summed E-state index contributed by atoms with van der Waals surface area (Å²) in [6, 6.07) is 8.36. The van der Waals surface area contributed by atoms with E-state index in [1.807, 2.05) is 32.0 Å². The molecule has 0 spiro atoms. The van der Waals surface area contributed by atoms with Crippen LogP contribution in [0.2, 0.25) is 0 Å². The van der Waals surface area contributed by atoms with Crippen molar-refractivity contribution in [3.05, 3.63) is 40.2 Å². The van der Waals surface area contributed by atoms with Crippen molar-refractivity contribution in [2.75, 3.05) is 13.1 Å². The topological polar surface area (TPSA) is 74.6 Å². The molecule has 2 unspecified atom stereocenters. The number of para-hydroxylation sites is 1. The van der Waals surface area contributed by atoms with Gasteiger partial charge in [-0.1, -0.05) is 19.1 Å². The fraction of sp³-hybridized carbons (Fsp3) is 0.600. The molecule has 166 valence electrons. The van der Waals surface area contributed by atoms with Gasteiger partial charge in [0.05, 0.1) is 5.52 Å². The molecule has 6 nitrogen and oxygen atoms in total. The van der Waals surface area contributed by atoms with Gasteiger partial charge >= 0.3 is 0 Å². The van der Waals surface area contributed by atoms with Gasteiger partial charge in [-0.3, -0.25) is 14.5 Å². The minimum Gasteiger partial charge on any atom is -0.506 e. The quantitative estimate of drug-likeness (QED) is 0.770. The van der Waals surface area contributed by atoms with Gasteiger partial charge in [0.15, 0.2) is 0 Å². The number of rotatable bonds is 5. The maximum Gasteiger partial charge on any atom is 0.267 e. The number of hydrogen-bond donors (Lipinski definition) is 2. The summed E-state index contributed by atoms with van der Waals surface area (Å²) in [4.78, 5) is 29.1. The average Bonchev–Trinajstić information content (AvgIpc) is 2.72. The number of amides is 1. The van der Waals surface area contributed by atoms with Gasteiger partial charge in [-0.15, -0.1) is 0 Å². The zero-order valence-electron chi connectivity index (χ0n) is 18.7. The molecule has 2 saturated heterocycles. The Morgan fingerprint density at radius 3 is 2.52 bits per heavy atom. The summed E-state index contributed by atoms with van der Waals surface area (Å²) in [6.45, 7) is 7.77. The van der Waals surface area contributed by atoms with E-state index in [0.29, 0.717) is 29.5 Å². The van der Waals surface area contributed by atoms with Gasteiger partial charge in [0.25, 0.3) is 11.5 Å². The zero-order valence-corrected chi connectivity index (χ0v) is 18.7. The maximum absolute atomic E-state index is 13.2. The highest BCUT2D eigenvalue weighted by molar-refractivity contribution is 6.02. The highest BCUT2D eigenvalue weighted by Crippen LogP contribution is 2.55. The summed E-state index contributed by atoms with van der Waals surface area (Å²) in [6.07, 6.45) is 5.97. The van der Waals surface area contributed by atoms with Gasteiger partial charge in [-0.25, -0.2) is 0 Å². The molecule has 6 heteroatoms. The van der Waals surface area contributed by atoms with Crippen molar-refractivity contribution in [3.8, 4) is 5.75 Å². The molecule has 2 atom stereocenters. The lowest BCUT2D eigenvalue weighted by molar-refractivity contribution is -0.104. The number of benzene rings is 1. The summed E-state index contributed by atoms with van der Waals surface area (Å²) >= 11 is 0. The molecular formula is C25H33N3O3. The first-order valence-electron chi connectivity index (χ1n) is 11.7. The Balaban J connectivity index is 1.44. The van der Waals surface area contributed by atoms with Crippen molar-refractivity contribution in [1.82, 2.24) is 14.8 Å². The predicted molar refractivity (Wildman–Crippen MR) is 122 cm³/mol. The van der Waals surface area contributed by atoms with Crippen LogP contribution in [0.3, 0.4) is 0 Å². The predicted octanol–water partition coefficient (Wildman–Crippen LogP) is 3.67. The highest BCUT2D eigenvalue weighted by atomic mass is 16.3. The molecule has 1 aromatic heterocycles. The standard InChI is InChI=1S/C25H33N3O3/c1-4-27-17-9-16-10-18(27)13-25(11-16,12-17)14-26-23(30)21-22(29)19-7-5-6-8-20(19)28(15(2)3)24(21)31/h5-8,15-18,29H,4,9-14H2,1-3H3,(H,26,30). The molecule has 2 aliphatic carbocycles. The van der Waals surface area contributed by atoms with Crippen LogP contribution in [0.15, 0.2) is 29.1 Å². The lowest BCUT2D eigenvalue weighted by Crippen LogP contribution is -2.63. The van der Waals surface area contributed by atoms with Crippen molar-refractivity contribution in [2.45, 2.75) is 71.0 Å². The van der Waals surface area contributed by atoms with Gasteiger partial charge in [0.2, 0.25) is 0 Å². The summed E-state index contributed by atoms with van der Waals surface area (Å²) < 4.78 is 1.60. The smallest absolute Gasteiger partial charge is 0.267 e. The van der Waals surface area contributed by atoms with E-state index >= 15 is 0 Å². The van der Waals surface area contributed by atoms with Gasteiger partial charge in [-0.05, 0) is 76.0 Å². The number of carbonyl (C=O) groups is 1. The fourth-order valence-corrected chi connectivity index (χ4v) is 7.02. The third kappa shape index (κ3) is 3.18. The second-order valence-corrected chi connectivity index (χ2v) is 10.3. The number of aromatic hydroxyl groups is 1. The Morgan fingerprint density at radius 1 is 1.19 bits per heavy atom. The molecule has 2 aromatic rings. The second kappa shape index (κ2) is 7.37. The van der Waals surface area contributed by atoms with Crippen molar-refractivity contribution in [2.24, 2.45) is 11.3 Å². The van der Waals surface area contributed by atoms with Crippen LogP contribution in [0, 0.1) is 11.3 Å². The van der Waals surface area contributed by atoms with E-state index in [0.717, 1.165) is 31.7 Å². The molecule has 4 aliphatic rings. The lowest BCUT2D eigenvalue weighted by atomic mass is 9.55. The molecule has 0 radical (unpaired) electrons. The monoisotopic (exact) mass is 423 g/mol. The first-order valence-corrected chi connectivity index (χ1v) is 11.7. The highest BCUT2D eigenvalue weighted by Gasteiger charge is 2.53. The molecule has 2 aliphatic heterocycles. The normalized spacial score (nSPS) is 29.7. The van der Waals surface area contributed by atoms with Crippen molar-refractivity contribution in [1.29, 1.82) is 0 Å². The molecule has 4 bridgehead atoms. The van der Waals surface area contributed by atoms with Crippen molar-refractivity contribution >= 4 is 16.8 Å². The zero-order chi connectivity index (χ0) is 21.9. The first-order chi connectivity index (χ1) is 14.8. The summed E-state index contributed by atoms with van der Waals surface area (Å²) in [7, 11) is 0. The maximum atomic E-state index is 13.2. The van der Waals surface area contributed by atoms with E-state index in [1.54, 1.807) is 10.6 Å². The fourth-order valence-electron chi connectivity index (χ4n) is 7.02. The van der Waals surface area contributed by atoms with E-state index in [-0.39, 0.29) is 22.8 Å². The van der Waals surface area contributed by atoms with Crippen molar-refractivity contribution < 1.29 is 9.90 Å². The molecule has 4 fully saturated rings. The van der Waals surface area contributed by atoms with Crippen LogP contribution in [0.5, 0.6) is 5.75 Å². The molecule has 6 rings (SSSR count). The SMILES string of the molecule is CCN1C2CC3CC1CC(CNC(=O)c1c(O)c4ccccc4n(C(C)C)c1=O)(C3)C2. The molecular weight excluding hydrogens is 390 g/mol. The van der Waals surface area contributed by atoms with Gasteiger partial charge < -0.3 is 15.0 Å². The van der Waals surface area contributed by atoms with Crippen LogP contribution >= 0.6 is 0 Å². The molecule has 2 N–H and O–H groups in total. The molecule has 1 aromatic carbocycles. The van der Waals surface area contributed by atoms with Crippen LogP contribution < -0.4 is 10.9 Å². The van der Waals surface area contributed by atoms with E-state index in [2.05, 4.69) is 17.1 Å². The van der Waals surface area contributed by atoms with E-state index < -0.39 is 11.5 Å². The van der Waals surface area contributed by atoms with Crippen LogP contribution in [0.4, 0.5) is 0 Å². The number of nitrogens with one attached hydrogen (secondary N) is 1. The first kappa shape index (κ1) is 20.6. The summed E-state index contributed by atoms with van der Waals surface area (Å²) in [5.74, 6) is 0.0906. The number of fused-ring (bicyclic) bond motifs is 1. The Morgan fingerprint density at radius 2 is 1.87 bits per heavy atom. The number of carbonyl (C=O) groups excluding carboxylic acids is 1. The van der Waals surface area contributed by atoms with E-state index in [4.69, 9.17) is 0 Å². The lowest BCUT2D eigenvalue weighted by Gasteiger charge is -2.61. The Kier molecular flexibility index (Phi) is 4.88. The van der Waals surface area contributed by atoms with E-state index in [1.165, 1.54) is 12.8 Å². The third-order valence-electron chi connectivity index (χ3n) is 8.03. The van der Waals surface area contributed by atoms with Gasteiger partial charge in [0, 0.05) is 30.1 Å². The number of pyridine rings is 1. The molecule has 2 saturated carbocycles. The van der Waals surface area contributed by atoms with Gasteiger partial charge in [-0.2, -0.15) is 0 Å². The van der Waals surface area contributed by atoms with Gasteiger partial charge in [0.1, 0.15) is 11.3 Å². The van der Waals surface area contributed by atoms with Crippen LogP contribution in [-0.4, -0.2) is 45.7 Å². The largest absolute Gasteiger partial charge is 0.506 e. The van der Waals surface area contributed by atoms with Crippen molar-refractivity contribution in [3.63, 3.8) is 0 Å². The average molecular weight is 424 g/mol. The Bertz CT molecular complexity index is 1070. The second-order valence-electron chi connectivity index (χ2n) is 10.3. The minimum atomic E-state index is -0.453. The Hall–Kier alpha value is -2.34. The molecule has 1 amide bonds.